The van der Waals surface area contributed by atoms with Crippen molar-refractivity contribution in [2.75, 3.05) is 0 Å². The first-order valence-electron chi connectivity index (χ1n) is 20.7. The molecule has 1 aromatic heterocycles. The van der Waals surface area contributed by atoms with Crippen LogP contribution in [0.3, 0.4) is 0 Å². The van der Waals surface area contributed by atoms with Gasteiger partial charge in [-0.25, -0.2) is 0 Å². The number of para-hydroxylation sites is 1. The number of hydrogen-bond donors (Lipinski definition) is 0. The second-order valence-corrected chi connectivity index (χ2v) is 15.2. The highest BCUT2D eigenvalue weighted by Crippen LogP contribution is 2.59. The molecule has 0 saturated heterocycles. The summed E-state index contributed by atoms with van der Waals surface area (Å²) in [7, 11) is 0. The maximum absolute atomic E-state index is 15.1. The topological polar surface area (TPSA) is 30.2 Å². The van der Waals surface area contributed by atoms with Crippen molar-refractivity contribution in [1.29, 1.82) is 0 Å². The zero-order valence-corrected chi connectivity index (χ0v) is 32.8. The van der Waals surface area contributed by atoms with Gasteiger partial charge in [0, 0.05) is 5.57 Å². The Morgan fingerprint density at radius 3 is 1.52 bits per heavy atom. The predicted molar refractivity (Wildman–Crippen MR) is 228 cm³/mol. The number of allylic oxidation sites excluding steroid dienone is 1. The van der Waals surface area contributed by atoms with E-state index >= 15 is 4.79 Å². The Morgan fingerprint density at radius 2 is 0.981 bits per heavy atom. The molecular weight excluding hydrogens is 657 g/mol. The van der Waals surface area contributed by atoms with Crippen LogP contribution in [0.15, 0.2) is 131 Å². The Morgan fingerprint density at radius 1 is 0.500 bits per heavy atom. The number of hydrogen-bond acceptors (Lipinski definition) is 2. The second kappa shape index (κ2) is 17.0. The van der Waals surface area contributed by atoms with E-state index in [-0.39, 0.29) is 5.43 Å². The van der Waals surface area contributed by atoms with Crippen molar-refractivity contribution in [2.24, 2.45) is 0 Å². The highest BCUT2D eigenvalue weighted by Gasteiger charge is 2.52. The third-order valence-electron chi connectivity index (χ3n) is 11.7. The van der Waals surface area contributed by atoms with Gasteiger partial charge in [-0.1, -0.05) is 175 Å². The van der Waals surface area contributed by atoms with E-state index in [1.165, 1.54) is 73.6 Å². The van der Waals surface area contributed by atoms with Crippen molar-refractivity contribution in [1.82, 2.24) is 0 Å². The van der Waals surface area contributed by atoms with Gasteiger partial charge in [0.2, 0.25) is 5.43 Å². The molecule has 5 aromatic carbocycles. The van der Waals surface area contributed by atoms with Gasteiger partial charge in [0.1, 0.15) is 16.8 Å². The molecular formula is C52H56O2. The van der Waals surface area contributed by atoms with Gasteiger partial charge in [0.05, 0.1) is 10.9 Å². The molecule has 2 nitrogen and oxygen atoms in total. The normalized spacial score (nSPS) is 15.3. The number of unbranched alkanes of at least 4 members (excludes halogenated alkanes) is 6. The number of aryl methyl sites for hydroxylation is 4. The standard InChI is InChI=1S/C52H56O2/c1-5-9-11-13-17-39-23-29-41(30-24-39)47-48-50(53)45-19-15-16-20-46(45)54-51(48)52(43-33-25-38(8-4)26-34-43,49(47)42-31-21-37(7-3)22-32-42)44-35-27-40(28-36-44)18-14-12-10-6-2/h15-16,19-36H,5-14,17-18H2,1-4H3. The van der Waals surface area contributed by atoms with Crippen molar-refractivity contribution < 1.29 is 4.42 Å². The molecule has 0 radical (unpaired) electrons. The van der Waals surface area contributed by atoms with E-state index in [1.54, 1.807) is 0 Å². The van der Waals surface area contributed by atoms with Crippen LogP contribution in [0.1, 0.15) is 135 Å². The molecule has 0 spiro atoms. The van der Waals surface area contributed by atoms with Crippen LogP contribution in [0.2, 0.25) is 0 Å². The maximum Gasteiger partial charge on any atom is 0.200 e. The third kappa shape index (κ3) is 7.16. The van der Waals surface area contributed by atoms with Crippen LogP contribution in [-0.4, -0.2) is 0 Å². The summed E-state index contributed by atoms with van der Waals surface area (Å²) in [6.45, 7) is 8.93. The van der Waals surface area contributed by atoms with Gasteiger partial charge >= 0.3 is 0 Å². The first kappa shape index (κ1) is 37.4. The lowest BCUT2D eigenvalue weighted by molar-refractivity contribution is 0.498. The lowest BCUT2D eigenvalue weighted by Gasteiger charge is -2.35. The number of rotatable bonds is 16. The van der Waals surface area contributed by atoms with Crippen LogP contribution in [-0.2, 0) is 31.1 Å². The van der Waals surface area contributed by atoms with Crippen molar-refractivity contribution in [3.05, 3.63) is 187 Å². The van der Waals surface area contributed by atoms with Crippen LogP contribution in [0.5, 0.6) is 0 Å². The zero-order valence-electron chi connectivity index (χ0n) is 32.8. The Kier molecular flexibility index (Phi) is 11.8. The zero-order chi connectivity index (χ0) is 37.5. The molecule has 2 heteroatoms. The molecule has 0 aliphatic heterocycles. The summed E-state index contributed by atoms with van der Waals surface area (Å²) in [6, 6.07) is 44.2. The molecule has 1 unspecified atom stereocenters. The van der Waals surface area contributed by atoms with E-state index in [0.717, 1.165) is 59.1 Å². The van der Waals surface area contributed by atoms with Gasteiger partial charge in [-0.2, -0.15) is 0 Å². The largest absolute Gasteiger partial charge is 0.458 e. The molecule has 0 saturated carbocycles. The average Bonchev–Trinajstić information content (AvgIpc) is 3.53. The van der Waals surface area contributed by atoms with E-state index in [2.05, 4.69) is 125 Å². The summed E-state index contributed by atoms with van der Waals surface area (Å²) in [5.41, 5.74) is 12.1. The Labute approximate surface area is 323 Å². The monoisotopic (exact) mass is 712 g/mol. The predicted octanol–water partition coefficient (Wildman–Crippen LogP) is 13.5. The quantitative estimate of drug-likeness (QED) is 0.0935. The molecule has 1 heterocycles. The van der Waals surface area contributed by atoms with Gasteiger partial charge in [0.15, 0.2) is 0 Å². The Hall–Kier alpha value is -4.95. The van der Waals surface area contributed by atoms with Crippen molar-refractivity contribution in [3.63, 3.8) is 0 Å². The summed E-state index contributed by atoms with van der Waals surface area (Å²) in [4.78, 5) is 15.1. The fourth-order valence-electron chi connectivity index (χ4n) is 8.60. The molecule has 1 atom stereocenters. The molecule has 1 aliphatic carbocycles. The summed E-state index contributed by atoms with van der Waals surface area (Å²) in [5.74, 6) is 0.708. The molecule has 1 aliphatic rings. The summed E-state index contributed by atoms with van der Waals surface area (Å²) in [5, 5.41) is 0.613. The highest BCUT2D eigenvalue weighted by molar-refractivity contribution is 6.11. The minimum absolute atomic E-state index is 0.0211. The van der Waals surface area contributed by atoms with Crippen LogP contribution in [0, 0.1) is 0 Å². The van der Waals surface area contributed by atoms with Gasteiger partial charge in [-0.05, 0) is 101 Å². The second-order valence-electron chi connectivity index (χ2n) is 15.2. The fourth-order valence-corrected chi connectivity index (χ4v) is 8.60. The molecule has 0 fully saturated rings. The van der Waals surface area contributed by atoms with E-state index in [1.807, 2.05) is 24.3 Å². The lowest BCUT2D eigenvalue weighted by atomic mass is 9.66. The average molecular weight is 713 g/mol. The molecule has 0 amide bonds. The Balaban J connectivity index is 1.55. The van der Waals surface area contributed by atoms with Gasteiger partial charge < -0.3 is 4.42 Å². The van der Waals surface area contributed by atoms with Gasteiger partial charge in [0.25, 0.3) is 0 Å². The molecule has 276 valence electrons. The smallest absolute Gasteiger partial charge is 0.200 e. The lowest BCUT2D eigenvalue weighted by Crippen LogP contribution is -2.30. The highest BCUT2D eigenvalue weighted by atomic mass is 16.3. The van der Waals surface area contributed by atoms with Crippen molar-refractivity contribution in [3.8, 4) is 0 Å². The van der Waals surface area contributed by atoms with E-state index < -0.39 is 5.41 Å². The molecule has 7 rings (SSSR count). The molecule has 6 aromatic rings. The molecule has 0 N–H and O–H groups in total. The maximum atomic E-state index is 15.1. The van der Waals surface area contributed by atoms with Crippen LogP contribution in [0.4, 0.5) is 0 Å². The minimum Gasteiger partial charge on any atom is -0.458 e. The van der Waals surface area contributed by atoms with E-state index in [4.69, 9.17) is 4.42 Å². The van der Waals surface area contributed by atoms with Crippen molar-refractivity contribution >= 4 is 22.1 Å². The Bertz CT molecular complexity index is 2250. The summed E-state index contributed by atoms with van der Waals surface area (Å²) >= 11 is 0. The minimum atomic E-state index is -0.882. The SMILES string of the molecule is CCCCCCc1ccc(C2=C(c3ccc(CC)cc3)C(c3ccc(CC)cc3)(c3ccc(CCCCCC)cc3)c3oc4ccccc4c(=O)c32)cc1. The van der Waals surface area contributed by atoms with Crippen molar-refractivity contribution in [2.45, 2.75) is 110 Å². The van der Waals surface area contributed by atoms with Crippen LogP contribution >= 0.6 is 0 Å². The van der Waals surface area contributed by atoms with E-state index in [0.29, 0.717) is 22.3 Å². The number of fused-ring (bicyclic) bond motifs is 2. The first-order chi connectivity index (χ1) is 26.5. The summed E-state index contributed by atoms with van der Waals surface area (Å²) < 4.78 is 7.20. The molecule has 0 bridgehead atoms. The van der Waals surface area contributed by atoms with Crippen LogP contribution in [0.25, 0.3) is 22.1 Å². The van der Waals surface area contributed by atoms with Crippen LogP contribution < -0.4 is 5.43 Å². The number of benzene rings is 5. The fraction of sp³-hybridized carbons (Fsp3) is 0.327. The third-order valence-corrected chi connectivity index (χ3v) is 11.7. The molecule has 54 heavy (non-hydrogen) atoms. The van der Waals surface area contributed by atoms with E-state index in [9.17, 15) is 0 Å². The first-order valence-corrected chi connectivity index (χ1v) is 20.7. The van der Waals surface area contributed by atoms with Gasteiger partial charge in [-0.15, -0.1) is 0 Å². The summed E-state index contributed by atoms with van der Waals surface area (Å²) in [6.07, 6.45) is 13.9. The van der Waals surface area contributed by atoms with Gasteiger partial charge in [-0.3, -0.25) is 4.79 Å².